The first-order valence-corrected chi connectivity index (χ1v) is 4.30. The summed E-state index contributed by atoms with van der Waals surface area (Å²) in [5, 5.41) is 0. The molecule has 10 heavy (non-hydrogen) atoms. The second-order valence-corrected chi connectivity index (χ2v) is 3.02. The van der Waals surface area contributed by atoms with Crippen LogP contribution in [0.15, 0.2) is 0 Å². The Labute approximate surface area is 64.8 Å². The van der Waals surface area contributed by atoms with E-state index in [1.54, 1.807) is 0 Å². The molecule has 0 spiro atoms. The summed E-state index contributed by atoms with van der Waals surface area (Å²) in [6.45, 7) is 10.6. The van der Waals surface area contributed by atoms with Crippen LogP contribution in [0.4, 0.5) is 0 Å². The molecule has 1 nitrogen and oxygen atoms in total. The van der Waals surface area contributed by atoms with Crippen LogP contribution in [-0.2, 0) is 4.74 Å². The zero-order valence-electron chi connectivity index (χ0n) is 7.68. The van der Waals surface area contributed by atoms with Gasteiger partial charge in [0.25, 0.3) is 0 Å². The molecule has 0 bridgehead atoms. The lowest BCUT2D eigenvalue weighted by atomic mass is 9.95. The van der Waals surface area contributed by atoms with Gasteiger partial charge in [-0.15, -0.1) is 0 Å². The fraction of sp³-hybridized carbons (Fsp3) is 1.00. The maximum absolute atomic E-state index is 5.32. The van der Waals surface area contributed by atoms with Crippen LogP contribution in [0.2, 0.25) is 0 Å². The molecule has 0 fully saturated rings. The van der Waals surface area contributed by atoms with Gasteiger partial charge < -0.3 is 4.74 Å². The average Bonchev–Trinajstić information content (AvgIpc) is 1.98. The molecule has 0 heterocycles. The van der Waals surface area contributed by atoms with E-state index in [1.165, 1.54) is 6.42 Å². The zero-order chi connectivity index (χ0) is 7.98. The van der Waals surface area contributed by atoms with Crippen LogP contribution in [0.1, 0.15) is 34.1 Å². The van der Waals surface area contributed by atoms with Crippen LogP contribution >= 0.6 is 0 Å². The van der Waals surface area contributed by atoms with E-state index in [2.05, 4.69) is 20.8 Å². The zero-order valence-corrected chi connectivity index (χ0v) is 7.68. The molecular formula is C9H20O. The van der Waals surface area contributed by atoms with Gasteiger partial charge in [-0.25, -0.2) is 0 Å². The van der Waals surface area contributed by atoms with Gasteiger partial charge in [0, 0.05) is 13.2 Å². The van der Waals surface area contributed by atoms with Gasteiger partial charge in [0.2, 0.25) is 0 Å². The number of rotatable bonds is 5. The lowest BCUT2D eigenvalue weighted by molar-refractivity contribution is 0.0957. The van der Waals surface area contributed by atoms with E-state index in [1.807, 2.05) is 6.92 Å². The first-order valence-electron chi connectivity index (χ1n) is 4.30. The normalized spacial score (nSPS) is 16.8. The first kappa shape index (κ1) is 9.96. The van der Waals surface area contributed by atoms with Crippen molar-refractivity contribution in [1.29, 1.82) is 0 Å². The quantitative estimate of drug-likeness (QED) is 0.576. The maximum Gasteiger partial charge on any atom is 0.0494 e. The van der Waals surface area contributed by atoms with E-state index in [4.69, 9.17) is 4.74 Å². The number of hydrogen-bond acceptors (Lipinski definition) is 1. The summed E-state index contributed by atoms with van der Waals surface area (Å²) in [7, 11) is 0. The highest BCUT2D eigenvalue weighted by Crippen LogP contribution is 2.14. The molecule has 0 aliphatic carbocycles. The summed E-state index contributed by atoms with van der Waals surface area (Å²) in [4.78, 5) is 0. The van der Waals surface area contributed by atoms with Crippen molar-refractivity contribution in [3.05, 3.63) is 0 Å². The molecule has 0 aliphatic heterocycles. The molecule has 1 unspecified atom stereocenters. The Bertz CT molecular complexity index is 71.1. The molecule has 0 radical (unpaired) electrons. The summed E-state index contributed by atoms with van der Waals surface area (Å²) >= 11 is 0. The van der Waals surface area contributed by atoms with Crippen LogP contribution in [0.25, 0.3) is 0 Å². The fourth-order valence-electron chi connectivity index (χ4n) is 0.870. The highest BCUT2D eigenvalue weighted by molar-refractivity contribution is 4.58. The molecule has 0 aromatic carbocycles. The van der Waals surface area contributed by atoms with E-state index in [-0.39, 0.29) is 0 Å². The fourth-order valence-corrected chi connectivity index (χ4v) is 0.870. The molecule has 0 aromatic rings. The molecule has 0 aromatic heterocycles. The molecule has 62 valence electrons. The average molecular weight is 144 g/mol. The molecule has 1 heteroatoms. The van der Waals surface area contributed by atoms with E-state index in [9.17, 15) is 0 Å². The van der Waals surface area contributed by atoms with E-state index >= 15 is 0 Å². The highest BCUT2D eigenvalue weighted by atomic mass is 16.5. The molecule has 2 atom stereocenters. The maximum atomic E-state index is 5.32. The van der Waals surface area contributed by atoms with E-state index < -0.39 is 0 Å². The molecular weight excluding hydrogens is 124 g/mol. The van der Waals surface area contributed by atoms with Crippen LogP contribution < -0.4 is 0 Å². The minimum absolute atomic E-state index is 0.713. The van der Waals surface area contributed by atoms with E-state index in [0.29, 0.717) is 5.92 Å². The smallest absolute Gasteiger partial charge is 0.0494 e. The van der Waals surface area contributed by atoms with Crippen molar-refractivity contribution in [2.45, 2.75) is 34.1 Å². The third-order valence-corrected chi connectivity index (χ3v) is 2.20. The summed E-state index contributed by atoms with van der Waals surface area (Å²) in [6.07, 6.45) is 1.26. The largest absolute Gasteiger partial charge is 0.381 e. The van der Waals surface area contributed by atoms with Gasteiger partial charge in [-0.1, -0.05) is 27.2 Å². The lowest BCUT2D eigenvalue weighted by Crippen LogP contribution is -2.13. The lowest BCUT2D eigenvalue weighted by Gasteiger charge is -2.17. The Morgan fingerprint density at radius 3 is 2.10 bits per heavy atom. The van der Waals surface area contributed by atoms with Crippen LogP contribution in [0, 0.1) is 11.8 Å². The SMILES string of the molecule is CCOCC(C)[C@@H](C)CC. The highest BCUT2D eigenvalue weighted by Gasteiger charge is 2.08. The Balaban J connectivity index is 3.31. The first-order chi connectivity index (χ1) is 4.72. The number of ether oxygens (including phenoxy) is 1. The van der Waals surface area contributed by atoms with Gasteiger partial charge in [-0.2, -0.15) is 0 Å². The van der Waals surface area contributed by atoms with Gasteiger partial charge in [-0.3, -0.25) is 0 Å². The standard InChI is InChI=1S/C9H20O/c1-5-8(3)9(4)7-10-6-2/h8-9H,5-7H2,1-4H3/t8-,9?/m0/s1. The summed E-state index contributed by atoms with van der Waals surface area (Å²) < 4.78 is 5.32. The van der Waals surface area contributed by atoms with Crippen molar-refractivity contribution in [2.24, 2.45) is 11.8 Å². The summed E-state index contributed by atoms with van der Waals surface area (Å²) in [5.41, 5.74) is 0. The van der Waals surface area contributed by atoms with Crippen LogP contribution in [0.5, 0.6) is 0 Å². The predicted octanol–water partition coefficient (Wildman–Crippen LogP) is 2.71. The third kappa shape index (κ3) is 3.89. The molecule has 0 N–H and O–H groups in total. The summed E-state index contributed by atoms with van der Waals surface area (Å²) in [5.74, 6) is 1.51. The Kier molecular flexibility index (Phi) is 5.70. The van der Waals surface area contributed by atoms with Crippen LogP contribution in [-0.4, -0.2) is 13.2 Å². The minimum Gasteiger partial charge on any atom is -0.381 e. The second-order valence-electron chi connectivity index (χ2n) is 3.02. The Hall–Kier alpha value is -0.0400. The topological polar surface area (TPSA) is 9.23 Å². The van der Waals surface area contributed by atoms with Crippen molar-refractivity contribution >= 4 is 0 Å². The van der Waals surface area contributed by atoms with Crippen molar-refractivity contribution in [3.8, 4) is 0 Å². The van der Waals surface area contributed by atoms with Crippen molar-refractivity contribution in [1.82, 2.24) is 0 Å². The Morgan fingerprint density at radius 2 is 1.70 bits per heavy atom. The van der Waals surface area contributed by atoms with E-state index in [0.717, 1.165) is 19.1 Å². The van der Waals surface area contributed by atoms with Gasteiger partial charge in [0.15, 0.2) is 0 Å². The van der Waals surface area contributed by atoms with Gasteiger partial charge in [0.05, 0.1) is 0 Å². The molecule has 0 aliphatic rings. The third-order valence-electron chi connectivity index (χ3n) is 2.20. The Morgan fingerprint density at radius 1 is 1.10 bits per heavy atom. The molecule has 0 amide bonds. The van der Waals surface area contributed by atoms with Gasteiger partial charge in [-0.05, 0) is 18.8 Å². The van der Waals surface area contributed by atoms with Crippen molar-refractivity contribution < 1.29 is 4.74 Å². The van der Waals surface area contributed by atoms with Gasteiger partial charge >= 0.3 is 0 Å². The molecule has 0 saturated heterocycles. The second kappa shape index (κ2) is 5.72. The molecule has 0 rings (SSSR count). The molecule has 0 saturated carbocycles. The van der Waals surface area contributed by atoms with Gasteiger partial charge in [0.1, 0.15) is 0 Å². The van der Waals surface area contributed by atoms with Crippen molar-refractivity contribution in [3.63, 3.8) is 0 Å². The summed E-state index contributed by atoms with van der Waals surface area (Å²) in [6, 6.07) is 0. The number of hydrogen-bond donors (Lipinski definition) is 0. The van der Waals surface area contributed by atoms with Crippen molar-refractivity contribution in [2.75, 3.05) is 13.2 Å². The monoisotopic (exact) mass is 144 g/mol. The minimum atomic E-state index is 0.713. The predicted molar refractivity (Wildman–Crippen MR) is 45.1 cm³/mol. The van der Waals surface area contributed by atoms with Crippen LogP contribution in [0.3, 0.4) is 0 Å².